The van der Waals surface area contributed by atoms with Gasteiger partial charge in [0.05, 0.1) is 12.3 Å². The van der Waals surface area contributed by atoms with Crippen LogP contribution in [-0.2, 0) is 4.74 Å². The Morgan fingerprint density at radius 3 is 2.77 bits per heavy atom. The molecule has 0 aromatic heterocycles. The molecule has 4 nitrogen and oxygen atoms in total. The molecule has 0 aliphatic carbocycles. The van der Waals surface area contributed by atoms with Gasteiger partial charge in [0.15, 0.2) is 0 Å². The zero-order valence-corrected chi connectivity index (χ0v) is 7.49. The van der Waals surface area contributed by atoms with E-state index >= 15 is 0 Å². The SMILES string of the molecule is COCCOc1ccc(N)c(O)c1. The summed E-state index contributed by atoms with van der Waals surface area (Å²) in [6.07, 6.45) is 0. The van der Waals surface area contributed by atoms with Crippen molar-refractivity contribution < 1.29 is 14.6 Å². The molecule has 1 aromatic rings. The molecule has 1 aromatic carbocycles. The van der Waals surface area contributed by atoms with Crippen LogP contribution in [0.5, 0.6) is 11.5 Å². The van der Waals surface area contributed by atoms with Crippen LogP contribution in [-0.4, -0.2) is 25.4 Å². The van der Waals surface area contributed by atoms with Crippen LogP contribution in [0.25, 0.3) is 0 Å². The number of phenolic OH excluding ortho intramolecular Hbond substituents is 1. The first-order chi connectivity index (χ1) is 6.24. The third-order valence-electron chi connectivity index (χ3n) is 1.56. The number of methoxy groups -OCH3 is 1. The van der Waals surface area contributed by atoms with E-state index in [4.69, 9.17) is 15.2 Å². The van der Waals surface area contributed by atoms with Crippen LogP contribution in [0.1, 0.15) is 0 Å². The number of nitrogens with two attached hydrogens (primary N) is 1. The van der Waals surface area contributed by atoms with Crippen molar-refractivity contribution in [3.05, 3.63) is 18.2 Å². The van der Waals surface area contributed by atoms with Gasteiger partial charge in [-0.05, 0) is 12.1 Å². The molecule has 13 heavy (non-hydrogen) atoms. The van der Waals surface area contributed by atoms with Gasteiger partial charge in [0, 0.05) is 13.2 Å². The molecule has 0 fully saturated rings. The summed E-state index contributed by atoms with van der Waals surface area (Å²) in [5, 5.41) is 9.22. The molecule has 0 saturated carbocycles. The van der Waals surface area contributed by atoms with Gasteiger partial charge >= 0.3 is 0 Å². The second-order valence-electron chi connectivity index (χ2n) is 2.56. The Morgan fingerprint density at radius 2 is 2.15 bits per heavy atom. The van der Waals surface area contributed by atoms with Crippen LogP contribution in [0.2, 0.25) is 0 Å². The third kappa shape index (κ3) is 2.83. The maximum Gasteiger partial charge on any atom is 0.142 e. The van der Waals surface area contributed by atoms with E-state index in [0.29, 0.717) is 24.7 Å². The fourth-order valence-corrected chi connectivity index (χ4v) is 0.856. The highest BCUT2D eigenvalue weighted by Crippen LogP contribution is 2.24. The highest BCUT2D eigenvalue weighted by Gasteiger charge is 1.98. The zero-order chi connectivity index (χ0) is 9.68. The van der Waals surface area contributed by atoms with Gasteiger partial charge in [-0.2, -0.15) is 0 Å². The van der Waals surface area contributed by atoms with Gasteiger partial charge in [-0.15, -0.1) is 0 Å². The lowest BCUT2D eigenvalue weighted by molar-refractivity contribution is 0.146. The van der Waals surface area contributed by atoms with Gasteiger partial charge in [0.25, 0.3) is 0 Å². The number of phenols is 1. The molecule has 0 bridgehead atoms. The van der Waals surface area contributed by atoms with E-state index in [2.05, 4.69) is 0 Å². The fourth-order valence-electron chi connectivity index (χ4n) is 0.856. The minimum atomic E-state index is 0.0370. The highest BCUT2D eigenvalue weighted by atomic mass is 16.5. The average molecular weight is 183 g/mol. The van der Waals surface area contributed by atoms with Crippen molar-refractivity contribution in [2.75, 3.05) is 26.1 Å². The standard InChI is InChI=1S/C9H13NO3/c1-12-4-5-13-7-2-3-8(10)9(11)6-7/h2-3,6,11H,4-5,10H2,1H3. The molecule has 1 rings (SSSR count). The predicted molar refractivity (Wildman–Crippen MR) is 49.9 cm³/mol. The summed E-state index contributed by atoms with van der Waals surface area (Å²) < 4.78 is 10.0. The Hall–Kier alpha value is -1.42. The van der Waals surface area contributed by atoms with Crippen molar-refractivity contribution in [1.29, 1.82) is 0 Å². The van der Waals surface area contributed by atoms with Crippen molar-refractivity contribution in [3.8, 4) is 11.5 Å². The summed E-state index contributed by atoms with van der Waals surface area (Å²) in [7, 11) is 1.60. The summed E-state index contributed by atoms with van der Waals surface area (Å²) in [6, 6.07) is 4.77. The zero-order valence-electron chi connectivity index (χ0n) is 7.49. The number of hydrogen-bond acceptors (Lipinski definition) is 4. The van der Waals surface area contributed by atoms with E-state index < -0.39 is 0 Å². The number of hydrogen-bond donors (Lipinski definition) is 2. The van der Waals surface area contributed by atoms with Crippen LogP contribution >= 0.6 is 0 Å². The molecule has 3 N–H and O–H groups in total. The van der Waals surface area contributed by atoms with Crippen molar-refractivity contribution in [3.63, 3.8) is 0 Å². The van der Waals surface area contributed by atoms with Gasteiger partial charge in [-0.1, -0.05) is 0 Å². The Bertz CT molecular complexity index is 276. The average Bonchev–Trinajstić information content (AvgIpc) is 2.12. The molecule has 72 valence electrons. The first-order valence-electron chi connectivity index (χ1n) is 3.94. The summed E-state index contributed by atoms with van der Waals surface area (Å²) in [6.45, 7) is 0.977. The van der Waals surface area contributed by atoms with Crippen molar-refractivity contribution in [2.45, 2.75) is 0 Å². The predicted octanol–water partition coefficient (Wildman–Crippen LogP) is 1.000. The first-order valence-corrected chi connectivity index (χ1v) is 3.94. The van der Waals surface area contributed by atoms with Gasteiger partial charge in [0.1, 0.15) is 18.1 Å². The summed E-state index contributed by atoms with van der Waals surface area (Å²) in [5.41, 5.74) is 5.76. The normalized spacial score (nSPS) is 9.92. The van der Waals surface area contributed by atoms with E-state index in [-0.39, 0.29) is 5.75 Å². The van der Waals surface area contributed by atoms with Gasteiger partial charge in [-0.3, -0.25) is 0 Å². The molecule has 0 aliphatic rings. The minimum Gasteiger partial charge on any atom is -0.506 e. The number of benzene rings is 1. The number of nitrogen functional groups attached to an aromatic ring is 1. The molecule has 4 heteroatoms. The molecule has 0 amide bonds. The Balaban J connectivity index is 2.53. The largest absolute Gasteiger partial charge is 0.506 e. The first kappa shape index (κ1) is 9.67. The number of rotatable bonds is 4. The lowest BCUT2D eigenvalue weighted by Gasteiger charge is -2.06. The maximum atomic E-state index is 9.22. The molecule has 0 saturated heterocycles. The molecular formula is C9H13NO3. The van der Waals surface area contributed by atoms with Crippen LogP contribution in [0.4, 0.5) is 5.69 Å². The van der Waals surface area contributed by atoms with E-state index in [1.165, 1.54) is 6.07 Å². The molecule has 0 spiro atoms. The van der Waals surface area contributed by atoms with Gasteiger partial charge in [-0.25, -0.2) is 0 Å². The molecule has 0 heterocycles. The number of aromatic hydroxyl groups is 1. The van der Waals surface area contributed by atoms with Crippen molar-refractivity contribution in [1.82, 2.24) is 0 Å². The van der Waals surface area contributed by atoms with Crippen LogP contribution in [0.15, 0.2) is 18.2 Å². The molecule has 0 atom stereocenters. The van der Waals surface area contributed by atoms with E-state index in [1.54, 1.807) is 19.2 Å². The lowest BCUT2D eigenvalue weighted by atomic mass is 10.3. The lowest BCUT2D eigenvalue weighted by Crippen LogP contribution is -2.04. The monoisotopic (exact) mass is 183 g/mol. The smallest absolute Gasteiger partial charge is 0.142 e. The third-order valence-corrected chi connectivity index (χ3v) is 1.56. The second-order valence-corrected chi connectivity index (χ2v) is 2.56. The topological polar surface area (TPSA) is 64.7 Å². The van der Waals surface area contributed by atoms with Crippen molar-refractivity contribution in [2.24, 2.45) is 0 Å². The molecule has 0 unspecified atom stereocenters. The van der Waals surface area contributed by atoms with Crippen LogP contribution < -0.4 is 10.5 Å². The molecular weight excluding hydrogens is 170 g/mol. The Kier molecular flexibility index (Phi) is 3.40. The quantitative estimate of drug-likeness (QED) is 0.415. The Morgan fingerprint density at radius 1 is 1.38 bits per heavy atom. The number of ether oxygens (including phenoxy) is 2. The number of anilines is 1. The maximum absolute atomic E-state index is 9.22. The van der Waals surface area contributed by atoms with Crippen molar-refractivity contribution >= 4 is 5.69 Å². The van der Waals surface area contributed by atoms with Crippen LogP contribution in [0.3, 0.4) is 0 Å². The van der Waals surface area contributed by atoms with Gasteiger partial charge < -0.3 is 20.3 Å². The second kappa shape index (κ2) is 4.57. The highest BCUT2D eigenvalue weighted by molar-refractivity contribution is 5.54. The summed E-state index contributed by atoms with van der Waals surface area (Å²) in [4.78, 5) is 0. The summed E-state index contributed by atoms with van der Waals surface area (Å²) in [5.74, 6) is 0.624. The van der Waals surface area contributed by atoms with E-state index in [9.17, 15) is 5.11 Å². The fraction of sp³-hybridized carbons (Fsp3) is 0.333. The molecule has 0 radical (unpaired) electrons. The van der Waals surface area contributed by atoms with E-state index in [1.807, 2.05) is 0 Å². The van der Waals surface area contributed by atoms with E-state index in [0.717, 1.165) is 0 Å². The summed E-state index contributed by atoms with van der Waals surface area (Å²) >= 11 is 0. The van der Waals surface area contributed by atoms with Crippen LogP contribution in [0, 0.1) is 0 Å². The Labute approximate surface area is 76.9 Å². The minimum absolute atomic E-state index is 0.0370. The van der Waals surface area contributed by atoms with Gasteiger partial charge in [0.2, 0.25) is 0 Å². The molecule has 0 aliphatic heterocycles.